The number of primary amides is 1. The average molecular weight is 415 g/mol. The maximum atomic E-state index is 12.3. The largest absolute Gasteiger partial charge is 0.366 e. The monoisotopic (exact) mass is 414 g/mol. The highest BCUT2D eigenvalue weighted by Crippen LogP contribution is 2.35. The second-order valence-electron chi connectivity index (χ2n) is 6.01. The molecule has 2 aromatic carbocycles. The first kappa shape index (κ1) is 19.8. The Morgan fingerprint density at radius 1 is 0.964 bits per heavy atom. The van der Waals surface area contributed by atoms with E-state index in [9.17, 15) is 18.0 Å². The molecule has 0 saturated carbocycles. The summed E-state index contributed by atoms with van der Waals surface area (Å²) < 4.78 is 24.6. The van der Waals surface area contributed by atoms with E-state index < -0.39 is 21.7 Å². The molecule has 0 atom stereocenters. The van der Waals surface area contributed by atoms with Crippen molar-refractivity contribution in [3.63, 3.8) is 0 Å². The molecule has 3 rings (SSSR count). The van der Waals surface area contributed by atoms with E-state index in [1.807, 2.05) is 30.3 Å². The molecule has 1 heterocycles. The summed E-state index contributed by atoms with van der Waals surface area (Å²) in [7, 11) is -3.56. The molecule has 144 valence electrons. The van der Waals surface area contributed by atoms with Gasteiger partial charge < -0.3 is 11.1 Å². The lowest BCUT2D eigenvalue weighted by molar-refractivity contribution is -0.115. The van der Waals surface area contributed by atoms with Crippen molar-refractivity contribution in [2.45, 2.75) is 11.3 Å². The molecule has 0 fully saturated rings. The molecule has 0 radical (unpaired) electrons. The normalized spacial score (nSPS) is 11.1. The van der Waals surface area contributed by atoms with E-state index in [0.717, 1.165) is 10.4 Å². The van der Waals surface area contributed by atoms with Gasteiger partial charge >= 0.3 is 0 Å². The Kier molecular flexibility index (Phi) is 5.91. The smallest absolute Gasteiger partial charge is 0.251 e. The standard InChI is InChI=1S/C20H18N2O4S2/c21-19(24)16-13-17(14-7-3-1-4-8-14)27-20(16)22-18(23)11-12-28(25,26)15-9-5-2-6-10-15/h1-10,13H,11-12H2,(H2,21,24)(H,22,23). The average Bonchev–Trinajstić information content (AvgIpc) is 3.12. The molecule has 8 heteroatoms. The number of nitrogens with two attached hydrogens (primary N) is 1. The number of anilines is 1. The van der Waals surface area contributed by atoms with Crippen LogP contribution in [0, 0.1) is 0 Å². The van der Waals surface area contributed by atoms with Crippen molar-refractivity contribution in [3.05, 3.63) is 72.3 Å². The second-order valence-corrected chi connectivity index (χ2v) is 9.18. The molecule has 2 amide bonds. The topological polar surface area (TPSA) is 106 Å². The van der Waals surface area contributed by atoms with Crippen molar-refractivity contribution in [2.24, 2.45) is 5.73 Å². The van der Waals surface area contributed by atoms with Crippen LogP contribution in [0.5, 0.6) is 0 Å². The molecule has 28 heavy (non-hydrogen) atoms. The summed E-state index contributed by atoms with van der Waals surface area (Å²) in [6.45, 7) is 0. The summed E-state index contributed by atoms with van der Waals surface area (Å²) in [5.74, 6) is -1.49. The summed E-state index contributed by atoms with van der Waals surface area (Å²) in [6, 6.07) is 19.0. The van der Waals surface area contributed by atoms with Gasteiger partial charge in [0.1, 0.15) is 5.00 Å². The van der Waals surface area contributed by atoms with Gasteiger partial charge in [-0.05, 0) is 23.8 Å². The lowest BCUT2D eigenvalue weighted by atomic mass is 10.1. The maximum absolute atomic E-state index is 12.3. The van der Waals surface area contributed by atoms with E-state index >= 15 is 0 Å². The summed E-state index contributed by atoms with van der Waals surface area (Å²) in [5, 5.41) is 2.93. The van der Waals surface area contributed by atoms with Gasteiger partial charge in [-0.2, -0.15) is 0 Å². The molecule has 3 aromatic rings. The number of rotatable bonds is 7. The molecule has 0 aliphatic heterocycles. The molecule has 0 unspecified atom stereocenters. The van der Waals surface area contributed by atoms with Crippen LogP contribution in [-0.2, 0) is 14.6 Å². The lowest BCUT2D eigenvalue weighted by Gasteiger charge is -2.06. The maximum Gasteiger partial charge on any atom is 0.251 e. The first-order chi connectivity index (χ1) is 13.4. The third kappa shape index (κ3) is 4.65. The van der Waals surface area contributed by atoms with Crippen LogP contribution in [0.2, 0.25) is 0 Å². The highest BCUT2D eigenvalue weighted by molar-refractivity contribution is 7.91. The number of carbonyl (C=O) groups excluding carboxylic acids is 2. The van der Waals surface area contributed by atoms with Crippen molar-refractivity contribution in [2.75, 3.05) is 11.1 Å². The van der Waals surface area contributed by atoms with Crippen LogP contribution >= 0.6 is 11.3 Å². The van der Waals surface area contributed by atoms with Crippen molar-refractivity contribution in [1.82, 2.24) is 0 Å². The molecular weight excluding hydrogens is 396 g/mol. The highest BCUT2D eigenvalue weighted by Gasteiger charge is 2.19. The number of hydrogen-bond acceptors (Lipinski definition) is 5. The quantitative estimate of drug-likeness (QED) is 0.618. The van der Waals surface area contributed by atoms with Crippen LogP contribution in [-0.4, -0.2) is 26.0 Å². The van der Waals surface area contributed by atoms with Gasteiger partial charge in [0.05, 0.1) is 16.2 Å². The van der Waals surface area contributed by atoms with Gasteiger partial charge in [-0.25, -0.2) is 8.42 Å². The van der Waals surface area contributed by atoms with Crippen molar-refractivity contribution < 1.29 is 18.0 Å². The first-order valence-electron chi connectivity index (χ1n) is 8.43. The second kappa shape index (κ2) is 8.37. The third-order valence-corrected chi connectivity index (χ3v) is 6.84. The van der Waals surface area contributed by atoms with E-state index in [2.05, 4.69) is 5.32 Å². The number of amides is 2. The van der Waals surface area contributed by atoms with Gasteiger partial charge in [0, 0.05) is 11.3 Å². The van der Waals surface area contributed by atoms with Gasteiger partial charge in [-0.3, -0.25) is 9.59 Å². The molecule has 3 N–H and O–H groups in total. The zero-order valence-corrected chi connectivity index (χ0v) is 16.4. The number of nitrogens with one attached hydrogen (secondary N) is 1. The third-order valence-electron chi connectivity index (χ3n) is 4.01. The molecule has 0 aliphatic carbocycles. The summed E-state index contributed by atoms with van der Waals surface area (Å²) in [5.41, 5.74) is 6.51. The van der Waals surface area contributed by atoms with E-state index in [-0.39, 0.29) is 22.6 Å². The van der Waals surface area contributed by atoms with Gasteiger partial charge in [0.2, 0.25) is 5.91 Å². The van der Waals surface area contributed by atoms with Gasteiger partial charge in [-0.15, -0.1) is 11.3 Å². The Hall–Kier alpha value is -2.97. The van der Waals surface area contributed by atoms with Crippen LogP contribution in [0.1, 0.15) is 16.8 Å². The van der Waals surface area contributed by atoms with Gasteiger partial charge in [0.15, 0.2) is 9.84 Å². The Labute approximate surface area is 166 Å². The molecule has 0 aliphatic rings. The van der Waals surface area contributed by atoms with E-state index in [4.69, 9.17) is 5.73 Å². The Morgan fingerprint density at radius 2 is 1.57 bits per heavy atom. The Bertz CT molecular complexity index is 1090. The lowest BCUT2D eigenvalue weighted by Crippen LogP contribution is -2.19. The molecule has 0 saturated heterocycles. The van der Waals surface area contributed by atoms with Crippen molar-refractivity contribution >= 4 is 38.0 Å². The van der Waals surface area contributed by atoms with Crippen molar-refractivity contribution in [1.29, 1.82) is 0 Å². The van der Waals surface area contributed by atoms with Crippen LogP contribution in [0.25, 0.3) is 10.4 Å². The highest BCUT2D eigenvalue weighted by atomic mass is 32.2. The number of sulfone groups is 1. The number of hydrogen-bond donors (Lipinski definition) is 2. The zero-order valence-electron chi connectivity index (χ0n) is 14.8. The van der Waals surface area contributed by atoms with E-state index in [1.165, 1.54) is 23.5 Å². The molecule has 0 bridgehead atoms. The van der Waals surface area contributed by atoms with Gasteiger partial charge in [0.25, 0.3) is 5.91 Å². The van der Waals surface area contributed by atoms with Crippen LogP contribution in [0.15, 0.2) is 71.6 Å². The van der Waals surface area contributed by atoms with Crippen LogP contribution < -0.4 is 11.1 Å². The molecule has 1 aromatic heterocycles. The van der Waals surface area contributed by atoms with Crippen molar-refractivity contribution in [3.8, 4) is 10.4 Å². The first-order valence-corrected chi connectivity index (χ1v) is 10.9. The van der Waals surface area contributed by atoms with E-state index in [0.29, 0.717) is 5.00 Å². The molecule has 6 nitrogen and oxygen atoms in total. The Morgan fingerprint density at radius 3 is 2.18 bits per heavy atom. The SMILES string of the molecule is NC(=O)c1cc(-c2ccccc2)sc1NC(=O)CCS(=O)(=O)c1ccccc1. The minimum Gasteiger partial charge on any atom is -0.366 e. The Balaban J connectivity index is 1.73. The number of carbonyl (C=O) groups is 2. The summed E-state index contributed by atoms with van der Waals surface area (Å²) >= 11 is 1.22. The summed E-state index contributed by atoms with van der Waals surface area (Å²) in [6.07, 6.45) is -0.228. The number of benzene rings is 2. The fourth-order valence-electron chi connectivity index (χ4n) is 2.57. The van der Waals surface area contributed by atoms with Gasteiger partial charge in [-0.1, -0.05) is 48.5 Å². The molecular formula is C20H18N2O4S2. The molecule has 0 spiro atoms. The number of thiophene rings is 1. The van der Waals surface area contributed by atoms with E-state index in [1.54, 1.807) is 24.3 Å². The summed E-state index contributed by atoms with van der Waals surface area (Å²) in [4.78, 5) is 25.0. The predicted octanol–water partition coefficient (Wildman–Crippen LogP) is 3.32. The fourth-order valence-corrected chi connectivity index (χ4v) is 4.92. The van der Waals surface area contributed by atoms with Crippen LogP contribution in [0.4, 0.5) is 5.00 Å². The minimum atomic E-state index is -3.56. The van der Waals surface area contributed by atoms with Crippen LogP contribution in [0.3, 0.4) is 0 Å². The zero-order chi connectivity index (χ0) is 20.1. The minimum absolute atomic E-state index is 0.170. The predicted molar refractivity (Wildman–Crippen MR) is 110 cm³/mol. The fraction of sp³-hybridized carbons (Fsp3) is 0.100.